The number of hydrogen-bond acceptors (Lipinski definition) is 3. The predicted molar refractivity (Wildman–Crippen MR) is 94.2 cm³/mol. The number of rotatable bonds is 7. The van der Waals surface area contributed by atoms with Gasteiger partial charge in [-0.3, -0.25) is 0 Å². The van der Waals surface area contributed by atoms with Gasteiger partial charge in [-0.15, -0.1) is 0 Å². The lowest BCUT2D eigenvalue weighted by molar-refractivity contribution is -0.141. The van der Waals surface area contributed by atoms with Gasteiger partial charge in [-0.2, -0.15) is 0 Å². The molecule has 0 saturated heterocycles. The molecule has 4 unspecified atom stereocenters. The molecule has 3 heteroatoms. The second-order valence-corrected chi connectivity index (χ2v) is 7.44. The molecular weight excluding hydrogens is 300 g/mol. The quantitative estimate of drug-likeness (QED) is 0.559. The summed E-state index contributed by atoms with van der Waals surface area (Å²) in [6.07, 6.45) is 2.50. The van der Waals surface area contributed by atoms with Crippen molar-refractivity contribution in [2.75, 3.05) is 13.2 Å². The third kappa shape index (κ3) is 3.41. The van der Waals surface area contributed by atoms with E-state index >= 15 is 0 Å². The Kier molecular flexibility index (Phi) is 5.40. The minimum absolute atomic E-state index is 0.317. The van der Waals surface area contributed by atoms with E-state index in [9.17, 15) is 4.79 Å². The van der Waals surface area contributed by atoms with Crippen LogP contribution in [0.3, 0.4) is 0 Å². The lowest BCUT2D eigenvalue weighted by atomic mass is 9.70. The molecule has 0 N–H and O–H groups in total. The zero-order valence-electron chi connectivity index (χ0n) is 14.7. The van der Waals surface area contributed by atoms with Crippen LogP contribution in [0.1, 0.15) is 25.8 Å². The Morgan fingerprint density at radius 3 is 2.38 bits per heavy atom. The van der Waals surface area contributed by atoms with E-state index < -0.39 is 0 Å². The van der Waals surface area contributed by atoms with E-state index in [0.29, 0.717) is 42.8 Å². The predicted octanol–water partition coefficient (Wildman–Crippen LogP) is 4.09. The molecule has 0 amide bonds. The zero-order valence-corrected chi connectivity index (χ0v) is 14.7. The average Bonchev–Trinajstić information content (AvgIpc) is 3.10. The zero-order chi connectivity index (χ0) is 17.1. The largest absolute Gasteiger partial charge is 0.462 e. The summed E-state index contributed by atoms with van der Waals surface area (Å²) in [5.74, 6) is 3.35. The Bertz CT molecular complexity index is 568. The van der Waals surface area contributed by atoms with Crippen molar-refractivity contribution in [2.24, 2.45) is 35.5 Å². The Balaban J connectivity index is 1.60. The maximum absolute atomic E-state index is 11.5. The smallest absolute Gasteiger partial charge is 0.330 e. The molecule has 2 fully saturated rings. The fourth-order valence-corrected chi connectivity index (χ4v) is 4.91. The lowest BCUT2D eigenvalue weighted by Gasteiger charge is -2.38. The maximum atomic E-state index is 11.5. The van der Waals surface area contributed by atoms with Gasteiger partial charge in [0, 0.05) is 12.0 Å². The molecule has 24 heavy (non-hydrogen) atoms. The number of ether oxygens (including phenoxy) is 2. The SMILES string of the molecule is C=CC(=O)OC[C@H]1C2CC(C(C)C2C)[C@H]1COCc1ccccc1. The van der Waals surface area contributed by atoms with Crippen LogP contribution in [-0.2, 0) is 20.9 Å². The molecule has 130 valence electrons. The van der Waals surface area contributed by atoms with Crippen LogP contribution in [0.25, 0.3) is 0 Å². The molecule has 0 radical (unpaired) electrons. The van der Waals surface area contributed by atoms with Crippen molar-refractivity contribution in [3.63, 3.8) is 0 Å². The summed E-state index contributed by atoms with van der Waals surface area (Å²) in [6.45, 7) is 10.1. The van der Waals surface area contributed by atoms with Crippen molar-refractivity contribution in [1.82, 2.24) is 0 Å². The standard InChI is InChI=1S/C21H28O3/c1-4-21(22)24-13-20-18-10-17(14(2)15(18)3)19(20)12-23-11-16-8-6-5-7-9-16/h4-9,14-15,17-20H,1,10-13H2,2-3H3/t14?,15?,17?,18?,19-,20+/m1/s1. The van der Waals surface area contributed by atoms with Crippen LogP contribution in [0.15, 0.2) is 43.0 Å². The first kappa shape index (κ1) is 17.2. The molecule has 1 aromatic carbocycles. The van der Waals surface area contributed by atoms with Gasteiger partial charge in [-0.1, -0.05) is 50.8 Å². The first-order valence-corrected chi connectivity index (χ1v) is 9.02. The number of carbonyl (C=O) groups is 1. The first-order chi connectivity index (χ1) is 11.6. The highest BCUT2D eigenvalue weighted by Gasteiger charge is 2.54. The van der Waals surface area contributed by atoms with Crippen LogP contribution >= 0.6 is 0 Å². The Hall–Kier alpha value is -1.61. The molecule has 0 aliphatic heterocycles. The first-order valence-electron chi connectivity index (χ1n) is 9.02. The van der Waals surface area contributed by atoms with Gasteiger partial charge >= 0.3 is 5.97 Å². The molecule has 2 bridgehead atoms. The van der Waals surface area contributed by atoms with E-state index in [-0.39, 0.29) is 5.97 Å². The van der Waals surface area contributed by atoms with Crippen molar-refractivity contribution in [1.29, 1.82) is 0 Å². The number of esters is 1. The van der Waals surface area contributed by atoms with Crippen LogP contribution in [0.4, 0.5) is 0 Å². The van der Waals surface area contributed by atoms with Gasteiger partial charge in [0.05, 0.1) is 19.8 Å². The summed E-state index contributed by atoms with van der Waals surface area (Å²) < 4.78 is 11.4. The molecule has 0 spiro atoms. The van der Waals surface area contributed by atoms with Crippen LogP contribution in [0.2, 0.25) is 0 Å². The van der Waals surface area contributed by atoms with Crippen molar-refractivity contribution in [2.45, 2.75) is 26.9 Å². The van der Waals surface area contributed by atoms with Gasteiger partial charge in [-0.05, 0) is 41.6 Å². The van der Waals surface area contributed by atoms with Crippen LogP contribution < -0.4 is 0 Å². The van der Waals surface area contributed by atoms with Crippen LogP contribution in [0.5, 0.6) is 0 Å². The van der Waals surface area contributed by atoms with Crippen molar-refractivity contribution in [3.8, 4) is 0 Å². The highest BCUT2D eigenvalue weighted by atomic mass is 16.5. The highest BCUT2D eigenvalue weighted by molar-refractivity contribution is 5.81. The van der Waals surface area contributed by atoms with E-state index in [2.05, 4.69) is 32.6 Å². The average molecular weight is 328 g/mol. The second kappa shape index (κ2) is 7.52. The topological polar surface area (TPSA) is 35.5 Å². The lowest BCUT2D eigenvalue weighted by Crippen LogP contribution is -2.37. The Morgan fingerprint density at radius 1 is 1.12 bits per heavy atom. The number of carbonyl (C=O) groups excluding carboxylic acids is 1. The third-order valence-electron chi connectivity index (χ3n) is 6.38. The fourth-order valence-electron chi connectivity index (χ4n) is 4.91. The summed E-state index contributed by atoms with van der Waals surface area (Å²) in [7, 11) is 0. The van der Waals surface area contributed by atoms with Crippen molar-refractivity contribution in [3.05, 3.63) is 48.6 Å². The molecule has 2 aliphatic carbocycles. The van der Waals surface area contributed by atoms with Gasteiger partial charge in [0.1, 0.15) is 0 Å². The van der Waals surface area contributed by atoms with Gasteiger partial charge < -0.3 is 9.47 Å². The summed E-state index contributed by atoms with van der Waals surface area (Å²) in [5.41, 5.74) is 1.21. The van der Waals surface area contributed by atoms with E-state index in [1.165, 1.54) is 18.1 Å². The summed E-state index contributed by atoms with van der Waals surface area (Å²) in [6, 6.07) is 10.3. The van der Waals surface area contributed by atoms with E-state index in [4.69, 9.17) is 9.47 Å². The highest BCUT2D eigenvalue weighted by Crippen LogP contribution is 2.58. The summed E-state index contributed by atoms with van der Waals surface area (Å²) in [5, 5.41) is 0. The normalized spacial score (nSPS) is 34.2. The molecule has 1 aromatic rings. The summed E-state index contributed by atoms with van der Waals surface area (Å²) in [4.78, 5) is 11.5. The molecule has 2 aliphatic rings. The number of hydrogen-bond donors (Lipinski definition) is 0. The maximum Gasteiger partial charge on any atom is 0.330 e. The minimum Gasteiger partial charge on any atom is -0.462 e. The molecule has 0 heterocycles. The van der Waals surface area contributed by atoms with Crippen molar-refractivity contribution < 1.29 is 14.3 Å². The monoisotopic (exact) mass is 328 g/mol. The van der Waals surface area contributed by atoms with E-state index in [1.54, 1.807) is 0 Å². The molecule has 6 atom stereocenters. The minimum atomic E-state index is -0.317. The van der Waals surface area contributed by atoms with Gasteiger partial charge in [0.25, 0.3) is 0 Å². The Morgan fingerprint density at radius 2 is 1.75 bits per heavy atom. The second-order valence-electron chi connectivity index (χ2n) is 7.44. The van der Waals surface area contributed by atoms with Gasteiger partial charge in [-0.25, -0.2) is 4.79 Å². The van der Waals surface area contributed by atoms with E-state index in [1.807, 2.05) is 18.2 Å². The molecule has 3 nitrogen and oxygen atoms in total. The molecular formula is C21H28O3. The fraction of sp³-hybridized carbons (Fsp3) is 0.571. The van der Waals surface area contributed by atoms with Crippen molar-refractivity contribution >= 4 is 5.97 Å². The molecule has 3 rings (SSSR count). The van der Waals surface area contributed by atoms with Crippen LogP contribution in [0, 0.1) is 35.5 Å². The van der Waals surface area contributed by atoms with E-state index in [0.717, 1.165) is 12.5 Å². The number of fused-ring (bicyclic) bond motifs is 2. The third-order valence-corrected chi connectivity index (χ3v) is 6.38. The number of benzene rings is 1. The van der Waals surface area contributed by atoms with Crippen LogP contribution in [-0.4, -0.2) is 19.2 Å². The Labute approximate surface area is 145 Å². The molecule has 2 saturated carbocycles. The summed E-state index contributed by atoms with van der Waals surface area (Å²) >= 11 is 0. The van der Waals surface area contributed by atoms with Gasteiger partial charge in [0.2, 0.25) is 0 Å². The van der Waals surface area contributed by atoms with Gasteiger partial charge in [0.15, 0.2) is 0 Å². The molecule has 0 aromatic heterocycles.